The van der Waals surface area contributed by atoms with Crippen LogP contribution in [0.15, 0.2) is 30.3 Å². The summed E-state index contributed by atoms with van der Waals surface area (Å²) in [5, 5.41) is 2.56. The Labute approximate surface area is 129 Å². The van der Waals surface area contributed by atoms with Crippen molar-refractivity contribution in [1.29, 1.82) is 0 Å². The maximum atomic E-state index is 3.94. The Kier molecular flexibility index (Phi) is 4.97. The summed E-state index contributed by atoms with van der Waals surface area (Å²) in [5.74, 6) is 0.682. The van der Waals surface area contributed by atoms with Gasteiger partial charge in [-0.1, -0.05) is 49.6 Å². The third kappa shape index (κ3) is 3.49. The van der Waals surface area contributed by atoms with Crippen molar-refractivity contribution in [3.8, 4) is 0 Å². The molecular formula is C19H30N2. The highest BCUT2D eigenvalue weighted by Crippen LogP contribution is 2.34. The first kappa shape index (κ1) is 15.1. The highest BCUT2D eigenvalue weighted by Gasteiger charge is 2.32. The maximum Gasteiger partial charge on any atom is 0.0284 e. The Balaban J connectivity index is 1.72. The zero-order valence-corrected chi connectivity index (χ0v) is 13.6. The summed E-state index contributed by atoms with van der Waals surface area (Å²) in [6.45, 7) is 4.76. The fraction of sp³-hybridized carbons (Fsp3) is 0.684. The van der Waals surface area contributed by atoms with Crippen molar-refractivity contribution >= 4 is 0 Å². The second-order valence-corrected chi connectivity index (χ2v) is 7.07. The summed E-state index contributed by atoms with van der Waals surface area (Å²) in [6, 6.07) is 13.1. The SMILES string of the molecule is CC1CCCC(C)N1NC1CCCCC1c1ccccc1. The highest BCUT2D eigenvalue weighted by atomic mass is 15.5. The Bertz CT molecular complexity index is 420. The van der Waals surface area contributed by atoms with Gasteiger partial charge < -0.3 is 0 Å². The number of hydrogen-bond donors (Lipinski definition) is 1. The van der Waals surface area contributed by atoms with Gasteiger partial charge in [0.2, 0.25) is 0 Å². The molecule has 1 saturated heterocycles. The van der Waals surface area contributed by atoms with Gasteiger partial charge in [0.15, 0.2) is 0 Å². The van der Waals surface area contributed by atoms with Gasteiger partial charge >= 0.3 is 0 Å². The van der Waals surface area contributed by atoms with Crippen molar-refractivity contribution in [3.63, 3.8) is 0 Å². The van der Waals surface area contributed by atoms with Crippen molar-refractivity contribution in [2.45, 2.75) is 82.8 Å². The molecule has 0 bridgehead atoms. The van der Waals surface area contributed by atoms with Crippen molar-refractivity contribution in [2.75, 3.05) is 0 Å². The minimum Gasteiger partial charge on any atom is -0.251 e. The summed E-state index contributed by atoms with van der Waals surface area (Å²) in [5.41, 5.74) is 5.46. The molecule has 3 rings (SSSR count). The standard InChI is InChI=1S/C19H30N2/c1-15-9-8-10-16(2)21(15)20-19-14-7-6-13-18(19)17-11-4-3-5-12-17/h3-5,11-12,15-16,18-20H,6-10,13-14H2,1-2H3. The molecule has 116 valence electrons. The van der Waals surface area contributed by atoms with E-state index in [1.165, 1.54) is 50.5 Å². The Morgan fingerprint density at radius 3 is 2.24 bits per heavy atom. The first-order chi connectivity index (χ1) is 10.3. The molecule has 1 aromatic rings. The second-order valence-electron chi connectivity index (χ2n) is 7.07. The fourth-order valence-electron chi connectivity index (χ4n) is 4.25. The van der Waals surface area contributed by atoms with Gasteiger partial charge in [-0.2, -0.15) is 0 Å². The molecule has 2 fully saturated rings. The summed E-state index contributed by atoms with van der Waals surface area (Å²) in [7, 11) is 0. The molecule has 0 radical (unpaired) electrons. The van der Waals surface area contributed by atoms with Crippen LogP contribution in [-0.2, 0) is 0 Å². The Morgan fingerprint density at radius 2 is 1.52 bits per heavy atom. The Morgan fingerprint density at radius 1 is 0.857 bits per heavy atom. The van der Waals surface area contributed by atoms with Crippen molar-refractivity contribution in [3.05, 3.63) is 35.9 Å². The molecule has 0 spiro atoms. The number of nitrogens with one attached hydrogen (secondary N) is 1. The number of rotatable bonds is 3. The van der Waals surface area contributed by atoms with Gasteiger partial charge in [-0.05, 0) is 45.1 Å². The van der Waals surface area contributed by atoms with Crippen LogP contribution in [0.4, 0.5) is 0 Å². The van der Waals surface area contributed by atoms with Crippen LogP contribution in [0.5, 0.6) is 0 Å². The lowest BCUT2D eigenvalue weighted by Gasteiger charge is -2.44. The third-order valence-electron chi connectivity index (χ3n) is 5.50. The number of hydrogen-bond acceptors (Lipinski definition) is 2. The van der Waals surface area contributed by atoms with E-state index in [-0.39, 0.29) is 0 Å². The minimum absolute atomic E-state index is 0.615. The predicted molar refractivity (Wildman–Crippen MR) is 89.2 cm³/mol. The molecule has 1 aromatic carbocycles. The zero-order valence-electron chi connectivity index (χ0n) is 13.6. The fourth-order valence-corrected chi connectivity index (χ4v) is 4.25. The summed E-state index contributed by atoms with van der Waals surface area (Å²) in [6.07, 6.45) is 9.45. The van der Waals surface area contributed by atoms with Crippen molar-refractivity contribution < 1.29 is 0 Å². The van der Waals surface area contributed by atoms with Gasteiger partial charge in [0.25, 0.3) is 0 Å². The van der Waals surface area contributed by atoms with E-state index < -0.39 is 0 Å². The number of hydrazine groups is 1. The zero-order chi connectivity index (χ0) is 14.7. The topological polar surface area (TPSA) is 15.3 Å². The van der Waals surface area contributed by atoms with E-state index in [4.69, 9.17) is 0 Å². The molecule has 1 N–H and O–H groups in total. The van der Waals surface area contributed by atoms with Crippen LogP contribution in [0.3, 0.4) is 0 Å². The number of benzene rings is 1. The Hall–Kier alpha value is -0.860. The smallest absolute Gasteiger partial charge is 0.0284 e. The van der Waals surface area contributed by atoms with Crippen molar-refractivity contribution in [2.24, 2.45) is 0 Å². The lowest BCUT2D eigenvalue weighted by atomic mass is 9.80. The number of piperidine rings is 1. The van der Waals surface area contributed by atoms with E-state index in [9.17, 15) is 0 Å². The lowest BCUT2D eigenvalue weighted by Crippen LogP contribution is -2.57. The average Bonchev–Trinajstić information content (AvgIpc) is 2.52. The van der Waals surface area contributed by atoms with Crippen LogP contribution in [0.2, 0.25) is 0 Å². The molecule has 21 heavy (non-hydrogen) atoms. The monoisotopic (exact) mass is 286 g/mol. The average molecular weight is 286 g/mol. The predicted octanol–water partition coefficient (Wildman–Crippen LogP) is 4.48. The maximum absolute atomic E-state index is 3.94. The first-order valence-electron chi connectivity index (χ1n) is 8.85. The van der Waals surface area contributed by atoms with E-state index in [2.05, 4.69) is 54.6 Å². The summed E-state index contributed by atoms with van der Waals surface area (Å²) < 4.78 is 0. The second kappa shape index (κ2) is 6.93. The van der Waals surface area contributed by atoms with E-state index in [0.717, 1.165) is 0 Å². The van der Waals surface area contributed by atoms with Crippen LogP contribution in [0.25, 0.3) is 0 Å². The molecule has 2 nitrogen and oxygen atoms in total. The van der Waals surface area contributed by atoms with Gasteiger partial charge in [0.05, 0.1) is 0 Å². The molecule has 1 heterocycles. The summed E-state index contributed by atoms with van der Waals surface area (Å²) in [4.78, 5) is 0. The van der Waals surface area contributed by atoms with Gasteiger partial charge in [0, 0.05) is 24.0 Å². The largest absolute Gasteiger partial charge is 0.251 e. The van der Waals surface area contributed by atoms with Crippen LogP contribution >= 0.6 is 0 Å². The van der Waals surface area contributed by atoms with Crippen LogP contribution in [0.1, 0.15) is 70.3 Å². The molecule has 1 aliphatic carbocycles. The van der Waals surface area contributed by atoms with E-state index in [1.807, 2.05) is 0 Å². The number of nitrogens with zero attached hydrogens (tertiary/aromatic N) is 1. The molecule has 1 saturated carbocycles. The van der Waals surface area contributed by atoms with Crippen LogP contribution in [0, 0.1) is 0 Å². The molecule has 4 unspecified atom stereocenters. The van der Waals surface area contributed by atoms with E-state index in [1.54, 1.807) is 0 Å². The van der Waals surface area contributed by atoms with Gasteiger partial charge in [-0.15, -0.1) is 0 Å². The highest BCUT2D eigenvalue weighted by molar-refractivity contribution is 5.22. The van der Waals surface area contributed by atoms with E-state index >= 15 is 0 Å². The molecule has 0 aromatic heterocycles. The molecular weight excluding hydrogens is 256 g/mol. The first-order valence-corrected chi connectivity index (χ1v) is 8.85. The quantitative estimate of drug-likeness (QED) is 0.881. The van der Waals surface area contributed by atoms with Gasteiger partial charge in [-0.25, -0.2) is 5.01 Å². The molecule has 2 heteroatoms. The lowest BCUT2D eigenvalue weighted by molar-refractivity contribution is 0.0184. The molecule has 2 aliphatic rings. The van der Waals surface area contributed by atoms with Crippen LogP contribution < -0.4 is 5.43 Å². The van der Waals surface area contributed by atoms with Gasteiger partial charge in [0.1, 0.15) is 0 Å². The third-order valence-corrected chi connectivity index (χ3v) is 5.50. The minimum atomic E-state index is 0.615. The van der Waals surface area contributed by atoms with Gasteiger partial charge in [-0.3, -0.25) is 5.43 Å². The molecule has 1 aliphatic heterocycles. The van der Waals surface area contributed by atoms with Crippen LogP contribution in [-0.4, -0.2) is 23.1 Å². The molecule has 0 amide bonds. The van der Waals surface area contributed by atoms with E-state index in [0.29, 0.717) is 24.0 Å². The molecule has 4 atom stereocenters. The summed E-state index contributed by atoms with van der Waals surface area (Å²) >= 11 is 0. The normalized spacial score (nSPS) is 34.8. The van der Waals surface area contributed by atoms with Crippen molar-refractivity contribution in [1.82, 2.24) is 10.4 Å².